The number of carbonyl (C=O) groups excluding carboxylic acids is 1. The zero-order valence-corrected chi connectivity index (χ0v) is 19.1. The van der Waals surface area contributed by atoms with Gasteiger partial charge in [-0.05, 0) is 59.4 Å². The third-order valence-corrected chi connectivity index (χ3v) is 6.90. The molecule has 3 rings (SSSR count). The van der Waals surface area contributed by atoms with E-state index in [1.807, 2.05) is 0 Å². The number of unbranched alkanes of at least 4 members (excludes halogenated alkanes) is 3. The van der Waals surface area contributed by atoms with Crippen molar-refractivity contribution in [2.24, 2.45) is 11.7 Å². The molecule has 3 fully saturated rings. The fourth-order valence-corrected chi connectivity index (χ4v) is 5.06. The summed E-state index contributed by atoms with van der Waals surface area (Å²) in [5, 5.41) is 2.88. The lowest BCUT2D eigenvalue weighted by Crippen LogP contribution is -2.56. The number of methoxy groups -OCH3 is 1. The number of hydrogen-bond donors (Lipinski definition) is 2. The fourth-order valence-electron chi connectivity index (χ4n) is 5.06. The molecule has 0 aromatic rings. The molecular formula is C23H40N2O5. The maximum atomic E-state index is 12.4. The van der Waals surface area contributed by atoms with Gasteiger partial charge in [0.15, 0.2) is 0 Å². The van der Waals surface area contributed by atoms with Crippen molar-refractivity contribution in [1.29, 1.82) is 0 Å². The number of amides is 1. The van der Waals surface area contributed by atoms with Gasteiger partial charge in [0, 0.05) is 13.7 Å². The number of allylic oxidation sites excluding steroid dienone is 1. The maximum Gasteiger partial charge on any atom is 0.407 e. The Labute approximate surface area is 181 Å². The lowest BCUT2D eigenvalue weighted by atomic mass is 9.68. The van der Waals surface area contributed by atoms with Gasteiger partial charge in [0.25, 0.3) is 0 Å². The Hall–Kier alpha value is -1.15. The van der Waals surface area contributed by atoms with Gasteiger partial charge in [-0.15, -0.1) is 0 Å². The largest absolute Gasteiger partial charge is 0.443 e. The van der Waals surface area contributed by atoms with E-state index >= 15 is 0 Å². The summed E-state index contributed by atoms with van der Waals surface area (Å²) in [6.07, 6.45) is 8.09. The molecule has 0 aromatic heterocycles. The first-order valence-corrected chi connectivity index (χ1v) is 11.5. The molecule has 0 aromatic carbocycles. The van der Waals surface area contributed by atoms with Crippen LogP contribution in [-0.4, -0.2) is 62.4 Å². The van der Waals surface area contributed by atoms with Crippen molar-refractivity contribution in [2.75, 3.05) is 26.8 Å². The van der Waals surface area contributed by atoms with Gasteiger partial charge in [-0.3, -0.25) is 0 Å². The highest BCUT2D eigenvalue weighted by Crippen LogP contribution is 2.59. The second-order valence-corrected chi connectivity index (χ2v) is 9.45. The SMILES string of the molecule is COC1C(OC(=O)NCCCCCCN)CC[C@]2(CO2)C1C1(C)O[C@@H]1CC=C(C)C. The number of nitrogens with one attached hydrogen (secondary N) is 1. The smallest absolute Gasteiger partial charge is 0.407 e. The van der Waals surface area contributed by atoms with E-state index in [1.54, 1.807) is 7.11 Å². The van der Waals surface area contributed by atoms with Crippen LogP contribution in [0.4, 0.5) is 4.79 Å². The summed E-state index contributed by atoms with van der Waals surface area (Å²) in [7, 11) is 1.70. The lowest BCUT2D eigenvalue weighted by Gasteiger charge is -2.42. The summed E-state index contributed by atoms with van der Waals surface area (Å²) in [5.74, 6) is 0.0494. The summed E-state index contributed by atoms with van der Waals surface area (Å²) >= 11 is 0. The van der Waals surface area contributed by atoms with E-state index < -0.39 is 0 Å². The van der Waals surface area contributed by atoms with Crippen LogP contribution in [0.25, 0.3) is 0 Å². The Morgan fingerprint density at radius 1 is 1.27 bits per heavy atom. The first-order valence-electron chi connectivity index (χ1n) is 11.5. The molecule has 7 nitrogen and oxygen atoms in total. The molecule has 1 spiro atoms. The third-order valence-electron chi connectivity index (χ3n) is 6.90. The first kappa shape index (κ1) is 23.5. The number of epoxide rings is 2. The van der Waals surface area contributed by atoms with E-state index in [1.165, 1.54) is 5.57 Å². The molecule has 3 aliphatic rings. The second kappa shape index (κ2) is 9.98. The molecule has 0 bridgehead atoms. The van der Waals surface area contributed by atoms with Gasteiger partial charge in [-0.2, -0.15) is 0 Å². The van der Waals surface area contributed by atoms with Gasteiger partial charge < -0.3 is 30.0 Å². The summed E-state index contributed by atoms with van der Waals surface area (Å²) < 4.78 is 23.9. The van der Waals surface area contributed by atoms with E-state index in [2.05, 4.69) is 32.2 Å². The number of alkyl carbamates (subject to hydrolysis) is 1. The van der Waals surface area contributed by atoms with E-state index in [4.69, 9.17) is 24.7 Å². The first-order chi connectivity index (χ1) is 14.4. The van der Waals surface area contributed by atoms with Crippen LogP contribution < -0.4 is 11.1 Å². The van der Waals surface area contributed by atoms with E-state index in [0.717, 1.165) is 58.1 Å². The van der Waals surface area contributed by atoms with Crippen LogP contribution in [0.15, 0.2) is 11.6 Å². The van der Waals surface area contributed by atoms with Crippen LogP contribution in [0.2, 0.25) is 0 Å². The Balaban J connectivity index is 1.56. The van der Waals surface area contributed by atoms with Crippen molar-refractivity contribution in [3.8, 4) is 0 Å². The highest BCUT2D eigenvalue weighted by molar-refractivity contribution is 5.67. The van der Waals surface area contributed by atoms with Crippen LogP contribution >= 0.6 is 0 Å². The Kier molecular flexibility index (Phi) is 7.82. The van der Waals surface area contributed by atoms with Crippen molar-refractivity contribution in [3.63, 3.8) is 0 Å². The minimum absolute atomic E-state index is 0.0494. The van der Waals surface area contributed by atoms with Crippen LogP contribution in [0, 0.1) is 5.92 Å². The van der Waals surface area contributed by atoms with Gasteiger partial charge in [0.1, 0.15) is 23.4 Å². The quantitative estimate of drug-likeness (QED) is 0.300. The van der Waals surface area contributed by atoms with Crippen LogP contribution in [-0.2, 0) is 18.9 Å². The molecule has 1 amide bonds. The molecule has 2 aliphatic heterocycles. The Morgan fingerprint density at radius 2 is 2.00 bits per heavy atom. The molecule has 30 heavy (non-hydrogen) atoms. The lowest BCUT2D eigenvalue weighted by molar-refractivity contribution is -0.118. The fraction of sp³-hybridized carbons (Fsp3) is 0.870. The number of nitrogens with two attached hydrogens (primary N) is 1. The van der Waals surface area contributed by atoms with E-state index in [0.29, 0.717) is 6.54 Å². The average molecular weight is 425 g/mol. The zero-order valence-electron chi connectivity index (χ0n) is 19.1. The van der Waals surface area contributed by atoms with E-state index in [9.17, 15) is 4.79 Å². The summed E-state index contributed by atoms with van der Waals surface area (Å²) in [6.45, 7) is 8.43. The molecule has 7 heteroatoms. The summed E-state index contributed by atoms with van der Waals surface area (Å²) in [5.41, 5.74) is 6.28. The van der Waals surface area contributed by atoms with Gasteiger partial charge in [0.05, 0.1) is 18.6 Å². The van der Waals surface area contributed by atoms with Crippen LogP contribution in [0.3, 0.4) is 0 Å². The predicted molar refractivity (Wildman–Crippen MR) is 115 cm³/mol. The van der Waals surface area contributed by atoms with Gasteiger partial charge >= 0.3 is 6.09 Å². The molecule has 1 saturated carbocycles. The number of rotatable bonds is 11. The Bertz CT molecular complexity index is 617. The minimum atomic E-state index is -0.366. The number of ether oxygens (including phenoxy) is 4. The van der Waals surface area contributed by atoms with Crippen LogP contribution in [0.5, 0.6) is 0 Å². The summed E-state index contributed by atoms with van der Waals surface area (Å²) in [6, 6.07) is 0. The molecule has 2 saturated heterocycles. The number of carbonyl (C=O) groups is 1. The standard InChI is InChI=1S/C23H40N2O5/c1-16(2)9-10-18-22(3,30-18)20-19(27-4)17(11-12-23(20)15-28-23)29-21(26)25-14-8-6-5-7-13-24/h9,17-20H,5-8,10-15,24H2,1-4H3,(H,25,26)/t17?,18-,19?,20?,22?,23+/m1/s1. The topological polar surface area (TPSA) is 98.6 Å². The second-order valence-electron chi connectivity index (χ2n) is 9.45. The van der Waals surface area contributed by atoms with Crippen molar-refractivity contribution in [2.45, 2.75) is 95.2 Å². The van der Waals surface area contributed by atoms with E-state index in [-0.39, 0.29) is 41.5 Å². The molecule has 3 N–H and O–H groups in total. The molecule has 6 atom stereocenters. The van der Waals surface area contributed by atoms with Crippen molar-refractivity contribution in [3.05, 3.63) is 11.6 Å². The number of hydrogen-bond acceptors (Lipinski definition) is 6. The van der Waals surface area contributed by atoms with Crippen molar-refractivity contribution in [1.82, 2.24) is 5.32 Å². The highest BCUT2D eigenvalue weighted by Gasteiger charge is 2.72. The molecule has 2 heterocycles. The highest BCUT2D eigenvalue weighted by atomic mass is 16.6. The monoisotopic (exact) mass is 424 g/mol. The normalized spacial score (nSPS) is 37.0. The van der Waals surface area contributed by atoms with Crippen molar-refractivity contribution < 1.29 is 23.7 Å². The van der Waals surface area contributed by atoms with Gasteiger partial charge in [0.2, 0.25) is 0 Å². The molecule has 1 aliphatic carbocycles. The minimum Gasteiger partial charge on any atom is -0.443 e. The molecule has 4 unspecified atom stereocenters. The van der Waals surface area contributed by atoms with Crippen LogP contribution in [0.1, 0.15) is 65.7 Å². The van der Waals surface area contributed by atoms with Gasteiger partial charge in [-0.25, -0.2) is 4.79 Å². The van der Waals surface area contributed by atoms with Gasteiger partial charge in [-0.1, -0.05) is 24.5 Å². The Morgan fingerprint density at radius 3 is 2.63 bits per heavy atom. The summed E-state index contributed by atoms with van der Waals surface area (Å²) in [4.78, 5) is 12.4. The molecule has 0 radical (unpaired) electrons. The predicted octanol–water partition coefficient (Wildman–Crippen LogP) is 3.31. The molecular weight excluding hydrogens is 384 g/mol. The molecule has 172 valence electrons. The maximum absolute atomic E-state index is 12.4. The third kappa shape index (κ3) is 5.36. The van der Waals surface area contributed by atoms with Crippen molar-refractivity contribution >= 4 is 6.09 Å². The zero-order chi connectivity index (χ0) is 21.8. The average Bonchev–Trinajstić information content (AvgIpc) is 3.62.